The summed E-state index contributed by atoms with van der Waals surface area (Å²) in [4.78, 5) is 5.15. The third kappa shape index (κ3) is 5.78. The minimum atomic E-state index is -1.98. The van der Waals surface area contributed by atoms with Crippen molar-refractivity contribution >= 4 is 64.0 Å². The van der Waals surface area contributed by atoms with Crippen molar-refractivity contribution in [3.05, 3.63) is 311 Å². The lowest BCUT2D eigenvalue weighted by atomic mass is 9.64. The molecule has 1 spiro atoms. The summed E-state index contributed by atoms with van der Waals surface area (Å²) in [6, 6.07) is 101. The SMILES string of the molecule is c1ccc([SiH]2c3ccccc3C3(c4ccccc4Sc4ccccc43)c3cc(N(c4ccc(C5(c6ccccc6)c6ccccc6-c6ccccc65)cc4)c4cccc5ccccc45)ccc32)cc1. The molecule has 0 radical (unpaired) electrons. The molecule has 0 bridgehead atoms. The summed E-state index contributed by atoms with van der Waals surface area (Å²) in [5.41, 5.74) is 15.6. The van der Waals surface area contributed by atoms with E-state index in [-0.39, 0.29) is 0 Å². The van der Waals surface area contributed by atoms with Gasteiger partial charge in [-0.25, -0.2) is 0 Å². The van der Waals surface area contributed by atoms with E-state index in [1.165, 1.54) is 91.8 Å². The summed E-state index contributed by atoms with van der Waals surface area (Å²) < 4.78 is 0. The van der Waals surface area contributed by atoms with Gasteiger partial charge in [0.25, 0.3) is 0 Å². The molecular formula is C66H45NSSi. The van der Waals surface area contributed by atoms with Gasteiger partial charge in [0.05, 0.1) is 16.5 Å². The number of anilines is 3. The maximum Gasteiger partial charge on any atom is 0.133 e. The van der Waals surface area contributed by atoms with Gasteiger partial charge >= 0.3 is 0 Å². The average Bonchev–Trinajstić information content (AvgIpc) is 3.73. The minimum absolute atomic E-state index is 0.486. The fourth-order valence-corrected chi connectivity index (χ4v) is 17.3. The fraction of sp³-hybridized carbons (Fsp3) is 0.0303. The Balaban J connectivity index is 1.04. The van der Waals surface area contributed by atoms with Crippen LogP contribution in [0.5, 0.6) is 0 Å². The van der Waals surface area contributed by atoms with Crippen LogP contribution in [-0.2, 0) is 10.8 Å². The van der Waals surface area contributed by atoms with E-state index in [9.17, 15) is 0 Å². The van der Waals surface area contributed by atoms with Crippen LogP contribution >= 0.6 is 11.8 Å². The lowest BCUT2D eigenvalue weighted by Gasteiger charge is -2.48. The Morgan fingerprint density at radius 2 is 0.841 bits per heavy atom. The number of nitrogens with zero attached hydrogens (tertiary/aromatic N) is 1. The third-order valence-corrected chi connectivity index (χ3v) is 19.8. The lowest BCUT2D eigenvalue weighted by Crippen LogP contribution is -2.62. The molecule has 14 rings (SSSR count). The molecule has 0 aromatic heterocycles. The number of hydrogen-bond acceptors (Lipinski definition) is 2. The van der Waals surface area contributed by atoms with Crippen molar-refractivity contribution < 1.29 is 0 Å². The molecule has 1 aliphatic carbocycles. The first-order chi connectivity index (χ1) is 34.2. The van der Waals surface area contributed by atoms with Crippen LogP contribution in [0.3, 0.4) is 0 Å². The maximum atomic E-state index is 2.59. The summed E-state index contributed by atoms with van der Waals surface area (Å²) >= 11 is 1.90. The van der Waals surface area contributed by atoms with E-state index >= 15 is 0 Å². The molecule has 1 atom stereocenters. The molecule has 0 fully saturated rings. The van der Waals surface area contributed by atoms with Crippen LogP contribution in [-0.4, -0.2) is 8.80 Å². The predicted molar refractivity (Wildman–Crippen MR) is 291 cm³/mol. The van der Waals surface area contributed by atoms with Gasteiger partial charge in [0.15, 0.2) is 0 Å². The van der Waals surface area contributed by atoms with Crippen molar-refractivity contribution in [2.75, 3.05) is 4.90 Å². The first kappa shape index (κ1) is 40.1. The summed E-state index contributed by atoms with van der Waals surface area (Å²) in [5.74, 6) is 0. The van der Waals surface area contributed by atoms with Crippen molar-refractivity contribution in [3.8, 4) is 11.1 Å². The first-order valence-corrected chi connectivity index (χ1v) is 26.6. The average molecular weight is 912 g/mol. The Hall–Kier alpha value is -7.95. The van der Waals surface area contributed by atoms with E-state index in [1.807, 2.05) is 11.8 Å². The van der Waals surface area contributed by atoms with Gasteiger partial charge in [0, 0.05) is 26.6 Å². The first-order valence-electron chi connectivity index (χ1n) is 24.0. The molecule has 11 aromatic rings. The van der Waals surface area contributed by atoms with Gasteiger partial charge in [0.2, 0.25) is 0 Å². The molecule has 11 aromatic carbocycles. The van der Waals surface area contributed by atoms with Crippen LogP contribution in [0.2, 0.25) is 0 Å². The normalized spacial score (nSPS) is 15.3. The highest BCUT2D eigenvalue weighted by atomic mass is 32.2. The molecule has 1 nitrogen and oxygen atoms in total. The summed E-state index contributed by atoms with van der Waals surface area (Å²) in [6.07, 6.45) is 0. The minimum Gasteiger partial charge on any atom is -0.310 e. The topological polar surface area (TPSA) is 3.24 Å². The summed E-state index contributed by atoms with van der Waals surface area (Å²) in [5, 5.41) is 6.82. The van der Waals surface area contributed by atoms with Gasteiger partial charge < -0.3 is 4.90 Å². The zero-order valence-electron chi connectivity index (χ0n) is 37.8. The van der Waals surface area contributed by atoms with E-state index < -0.39 is 19.6 Å². The molecule has 2 heterocycles. The lowest BCUT2D eigenvalue weighted by molar-refractivity contribution is 0.708. The maximum absolute atomic E-state index is 2.59. The van der Waals surface area contributed by atoms with Crippen LogP contribution in [0.15, 0.2) is 277 Å². The molecule has 1 unspecified atom stereocenters. The van der Waals surface area contributed by atoms with Gasteiger partial charge in [-0.1, -0.05) is 241 Å². The second-order valence-corrected chi connectivity index (χ2v) is 22.5. The Bertz CT molecular complexity index is 3690. The van der Waals surface area contributed by atoms with Crippen molar-refractivity contribution in [3.63, 3.8) is 0 Å². The molecular weight excluding hydrogens is 867 g/mol. The largest absolute Gasteiger partial charge is 0.310 e. The number of hydrogen-bond donors (Lipinski definition) is 0. The number of rotatable bonds is 6. The third-order valence-electron chi connectivity index (χ3n) is 15.3. The molecule has 0 N–H and O–H groups in total. The van der Waals surface area contributed by atoms with E-state index in [1.54, 1.807) is 0 Å². The molecule has 0 amide bonds. The number of benzene rings is 11. The van der Waals surface area contributed by atoms with Crippen molar-refractivity contribution in [2.45, 2.75) is 20.6 Å². The Labute approximate surface area is 409 Å². The van der Waals surface area contributed by atoms with Crippen molar-refractivity contribution in [1.29, 1.82) is 0 Å². The molecule has 69 heavy (non-hydrogen) atoms. The van der Waals surface area contributed by atoms with E-state index in [0.29, 0.717) is 0 Å². The number of fused-ring (bicyclic) bond motifs is 12. The second kappa shape index (κ2) is 15.8. The smallest absolute Gasteiger partial charge is 0.133 e. The Kier molecular flexibility index (Phi) is 9.20. The van der Waals surface area contributed by atoms with E-state index in [0.717, 1.165) is 17.1 Å². The molecule has 2 aliphatic heterocycles. The van der Waals surface area contributed by atoms with E-state index in [2.05, 4.69) is 272 Å². The quantitative estimate of drug-likeness (QED) is 0.153. The second-order valence-electron chi connectivity index (χ2n) is 18.6. The van der Waals surface area contributed by atoms with Gasteiger partial charge in [-0.2, -0.15) is 0 Å². The monoisotopic (exact) mass is 911 g/mol. The zero-order chi connectivity index (χ0) is 45.5. The van der Waals surface area contributed by atoms with Crippen LogP contribution in [0.1, 0.15) is 44.5 Å². The molecule has 0 saturated heterocycles. The summed E-state index contributed by atoms with van der Waals surface area (Å²) in [7, 11) is -1.98. The Morgan fingerprint density at radius 3 is 1.54 bits per heavy atom. The molecule has 3 heteroatoms. The van der Waals surface area contributed by atoms with Gasteiger partial charge in [-0.3, -0.25) is 0 Å². The van der Waals surface area contributed by atoms with Crippen LogP contribution in [0.4, 0.5) is 17.1 Å². The van der Waals surface area contributed by atoms with E-state index in [4.69, 9.17) is 0 Å². The fourth-order valence-electron chi connectivity index (χ4n) is 12.6. The summed E-state index contributed by atoms with van der Waals surface area (Å²) in [6.45, 7) is 0. The zero-order valence-corrected chi connectivity index (χ0v) is 39.8. The highest BCUT2D eigenvalue weighted by Gasteiger charge is 2.51. The highest BCUT2D eigenvalue weighted by Crippen LogP contribution is 2.58. The molecule has 324 valence electrons. The Morgan fingerprint density at radius 1 is 0.333 bits per heavy atom. The molecule has 0 saturated carbocycles. The molecule has 3 aliphatic rings. The van der Waals surface area contributed by atoms with Crippen LogP contribution in [0.25, 0.3) is 21.9 Å². The highest BCUT2D eigenvalue weighted by molar-refractivity contribution is 7.99. The predicted octanol–water partition coefficient (Wildman–Crippen LogP) is 14.1. The van der Waals surface area contributed by atoms with Gasteiger partial charge in [-0.15, -0.1) is 0 Å². The van der Waals surface area contributed by atoms with Crippen molar-refractivity contribution in [2.24, 2.45) is 0 Å². The van der Waals surface area contributed by atoms with Gasteiger partial charge in [0.1, 0.15) is 8.80 Å². The van der Waals surface area contributed by atoms with Crippen LogP contribution < -0.4 is 20.5 Å². The van der Waals surface area contributed by atoms with Crippen LogP contribution in [0, 0.1) is 0 Å². The standard InChI is InChI=1S/C66H45NSSi/c1-3-22-46(23-4-1)65(54-29-11-9-27-52(54)53-28-10-12-30-55(53)65)47-38-40-48(41-39-47)67(60-34-19-21-45-20-7-8-26-51(45)60)49-42-43-64-59(44-49)66(56-31-13-16-35-61(56)68-62-36-17-14-32-57(62)66)58-33-15-18-37-63(58)69(64)50-24-5-2-6-25-50/h1-44,69H. The van der Waals surface area contributed by atoms with Gasteiger partial charge in [-0.05, 0) is 114 Å². The van der Waals surface area contributed by atoms with Crippen molar-refractivity contribution in [1.82, 2.24) is 0 Å².